The molecule has 1 rings (SSSR count). The minimum atomic E-state index is 0.383. The maximum atomic E-state index is 5.58. The van der Waals surface area contributed by atoms with Gasteiger partial charge in [-0.05, 0) is 30.6 Å². The summed E-state index contributed by atoms with van der Waals surface area (Å²) >= 11 is 1.97. The van der Waals surface area contributed by atoms with Gasteiger partial charge >= 0.3 is 0 Å². The van der Waals surface area contributed by atoms with Crippen molar-refractivity contribution in [3.8, 4) is 0 Å². The van der Waals surface area contributed by atoms with Crippen LogP contribution in [0.15, 0.2) is 12.3 Å². The summed E-state index contributed by atoms with van der Waals surface area (Å²) in [7, 11) is 1.98. The third-order valence-corrected chi connectivity index (χ3v) is 4.22. The second-order valence-corrected chi connectivity index (χ2v) is 5.85. The lowest BCUT2D eigenvalue weighted by Gasteiger charge is -2.16. The highest BCUT2D eigenvalue weighted by atomic mass is 32.2. The van der Waals surface area contributed by atoms with Gasteiger partial charge in [0.25, 0.3) is 0 Å². The van der Waals surface area contributed by atoms with Crippen LogP contribution >= 0.6 is 11.8 Å². The zero-order valence-electron chi connectivity index (χ0n) is 11.0. The Labute approximate surface area is 108 Å². The van der Waals surface area contributed by atoms with Gasteiger partial charge in [0.05, 0.1) is 0 Å². The van der Waals surface area contributed by atoms with E-state index in [1.807, 2.05) is 29.7 Å². The molecule has 0 radical (unpaired) electrons. The molecule has 0 amide bonds. The van der Waals surface area contributed by atoms with E-state index < -0.39 is 0 Å². The Morgan fingerprint density at radius 2 is 2.24 bits per heavy atom. The standard InChI is InChI=1S/C12H24N4S/c1-10(2)8-17-9-11(15-13)4-5-12-6-7-14-16(12)3/h6-7,10-11,15H,4-5,8-9,13H2,1-3H3. The summed E-state index contributed by atoms with van der Waals surface area (Å²) in [5.41, 5.74) is 4.17. The number of aromatic nitrogens is 2. The van der Waals surface area contributed by atoms with Crippen LogP contribution in [0.25, 0.3) is 0 Å². The highest BCUT2D eigenvalue weighted by molar-refractivity contribution is 7.99. The molecule has 0 saturated carbocycles. The second-order valence-electron chi connectivity index (χ2n) is 4.78. The summed E-state index contributed by atoms with van der Waals surface area (Å²) in [5, 5.41) is 4.17. The van der Waals surface area contributed by atoms with Gasteiger partial charge in [-0.25, -0.2) is 0 Å². The zero-order valence-corrected chi connectivity index (χ0v) is 11.8. The molecule has 4 nitrogen and oxygen atoms in total. The molecule has 5 heteroatoms. The van der Waals surface area contributed by atoms with Gasteiger partial charge in [-0.1, -0.05) is 13.8 Å². The van der Waals surface area contributed by atoms with Crippen LogP contribution < -0.4 is 11.3 Å². The monoisotopic (exact) mass is 256 g/mol. The van der Waals surface area contributed by atoms with E-state index in [-0.39, 0.29) is 0 Å². The van der Waals surface area contributed by atoms with Gasteiger partial charge < -0.3 is 0 Å². The van der Waals surface area contributed by atoms with Gasteiger partial charge in [0.2, 0.25) is 0 Å². The van der Waals surface area contributed by atoms with E-state index in [0.717, 1.165) is 24.5 Å². The van der Waals surface area contributed by atoms with Crippen molar-refractivity contribution < 1.29 is 0 Å². The number of hydrazine groups is 1. The number of nitrogens with zero attached hydrogens (tertiary/aromatic N) is 2. The average molecular weight is 256 g/mol. The van der Waals surface area contributed by atoms with Crippen LogP contribution in [0.5, 0.6) is 0 Å². The summed E-state index contributed by atoms with van der Waals surface area (Å²) in [6.45, 7) is 4.49. The van der Waals surface area contributed by atoms with Gasteiger partial charge in [-0.15, -0.1) is 0 Å². The predicted octanol–water partition coefficient (Wildman–Crippen LogP) is 1.57. The van der Waals surface area contributed by atoms with Crippen LogP contribution in [0.4, 0.5) is 0 Å². The average Bonchev–Trinajstić information content (AvgIpc) is 2.68. The summed E-state index contributed by atoms with van der Waals surface area (Å²) in [6.07, 6.45) is 3.92. The molecule has 3 N–H and O–H groups in total. The number of rotatable bonds is 8. The molecule has 0 bridgehead atoms. The first-order valence-electron chi connectivity index (χ1n) is 6.14. The van der Waals surface area contributed by atoms with Crippen LogP contribution in [0.3, 0.4) is 0 Å². The number of nitrogens with one attached hydrogen (secondary N) is 1. The third kappa shape index (κ3) is 5.57. The maximum Gasteiger partial charge on any atom is 0.0492 e. The largest absolute Gasteiger partial charge is 0.273 e. The number of aryl methyl sites for hydroxylation is 2. The first-order valence-corrected chi connectivity index (χ1v) is 7.29. The summed E-state index contributed by atoms with van der Waals surface area (Å²) in [5.74, 6) is 8.60. The van der Waals surface area contributed by atoms with E-state index in [1.165, 1.54) is 11.4 Å². The van der Waals surface area contributed by atoms with Crippen molar-refractivity contribution in [2.24, 2.45) is 18.8 Å². The maximum absolute atomic E-state index is 5.58. The molecule has 1 atom stereocenters. The molecular formula is C12H24N4S. The Kier molecular flexibility index (Phi) is 6.62. The Balaban J connectivity index is 2.25. The molecule has 17 heavy (non-hydrogen) atoms. The van der Waals surface area contributed by atoms with Crippen LogP contribution in [0.2, 0.25) is 0 Å². The molecule has 0 fully saturated rings. The number of hydrogen-bond donors (Lipinski definition) is 2. The van der Waals surface area contributed by atoms with Crippen molar-refractivity contribution in [2.75, 3.05) is 11.5 Å². The van der Waals surface area contributed by atoms with Crippen molar-refractivity contribution in [3.63, 3.8) is 0 Å². The van der Waals surface area contributed by atoms with E-state index in [1.54, 1.807) is 0 Å². The predicted molar refractivity (Wildman–Crippen MR) is 74.8 cm³/mol. The number of nitrogens with two attached hydrogens (primary N) is 1. The fourth-order valence-corrected chi connectivity index (χ4v) is 2.78. The van der Waals surface area contributed by atoms with Crippen molar-refractivity contribution in [2.45, 2.75) is 32.7 Å². The smallest absolute Gasteiger partial charge is 0.0492 e. The molecule has 1 aromatic rings. The van der Waals surface area contributed by atoms with Crippen molar-refractivity contribution in [3.05, 3.63) is 18.0 Å². The SMILES string of the molecule is CC(C)CSCC(CCc1ccnn1C)NN. The quantitative estimate of drug-likeness (QED) is 0.547. The fourth-order valence-electron chi connectivity index (χ4n) is 1.63. The molecule has 0 aliphatic rings. The Hall–Kier alpha value is -0.520. The van der Waals surface area contributed by atoms with Gasteiger partial charge in [0.15, 0.2) is 0 Å². The van der Waals surface area contributed by atoms with Gasteiger partial charge in [0.1, 0.15) is 0 Å². The zero-order chi connectivity index (χ0) is 12.7. The van der Waals surface area contributed by atoms with E-state index in [2.05, 4.69) is 30.4 Å². The summed E-state index contributed by atoms with van der Waals surface area (Å²) in [4.78, 5) is 0. The molecule has 0 aliphatic heterocycles. The lowest BCUT2D eigenvalue weighted by atomic mass is 10.1. The fraction of sp³-hybridized carbons (Fsp3) is 0.750. The first kappa shape index (κ1) is 14.5. The lowest BCUT2D eigenvalue weighted by molar-refractivity contribution is 0.527. The minimum absolute atomic E-state index is 0.383. The van der Waals surface area contributed by atoms with Crippen LogP contribution in [-0.4, -0.2) is 27.3 Å². The topological polar surface area (TPSA) is 55.9 Å². The molecule has 0 spiro atoms. The number of hydrogen-bond acceptors (Lipinski definition) is 4. The van der Waals surface area contributed by atoms with E-state index >= 15 is 0 Å². The van der Waals surface area contributed by atoms with Gasteiger partial charge in [-0.2, -0.15) is 16.9 Å². The van der Waals surface area contributed by atoms with Crippen molar-refractivity contribution in [1.82, 2.24) is 15.2 Å². The molecule has 1 heterocycles. The third-order valence-electron chi connectivity index (χ3n) is 2.68. The van der Waals surface area contributed by atoms with Gasteiger partial charge in [0, 0.05) is 30.7 Å². The highest BCUT2D eigenvalue weighted by Crippen LogP contribution is 2.12. The lowest BCUT2D eigenvalue weighted by Crippen LogP contribution is -2.37. The number of thioether (sulfide) groups is 1. The minimum Gasteiger partial charge on any atom is -0.273 e. The first-order chi connectivity index (χ1) is 8.13. The molecule has 0 aromatic carbocycles. The van der Waals surface area contributed by atoms with Gasteiger partial charge in [-0.3, -0.25) is 16.0 Å². The van der Waals surface area contributed by atoms with E-state index in [0.29, 0.717) is 6.04 Å². The summed E-state index contributed by atoms with van der Waals surface area (Å²) < 4.78 is 1.93. The summed E-state index contributed by atoms with van der Waals surface area (Å²) in [6, 6.07) is 2.45. The Morgan fingerprint density at radius 1 is 1.47 bits per heavy atom. The molecule has 0 aliphatic carbocycles. The molecule has 1 unspecified atom stereocenters. The normalized spacial score (nSPS) is 13.2. The molecule has 1 aromatic heterocycles. The van der Waals surface area contributed by atoms with Crippen molar-refractivity contribution in [1.29, 1.82) is 0 Å². The van der Waals surface area contributed by atoms with Crippen LogP contribution in [0, 0.1) is 5.92 Å². The molecular weight excluding hydrogens is 232 g/mol. The molecule has 98 valence electrons. The Morgan fingerprint density at radius 3 is 2.76 bits per heavy atom. The molecule has 0 saturated heterocycles. The van der Waals surface area contributed by atoms with Crippen LogP contribution in [0.1, 0.15) is 26.0 Å². The Bertz CT molecular complexity index is 311. The second kappa shape index (κ2) is 7.74. The van der Waals surface area contributed by atoms with Crippen LogP contribution in [-0.2, 0) is 13.5 Å². The van der Waals surface area contributed by atoms with E-state index in [9.17, 15) is 0 Å². The van der Waals surface area contributed by atoms with E-state index in [4.69, 9.17) is 5.84 Å². The highest BCUT2D eigenvalue weighted by Gasteiger charge is 2.09. The van der Waals surface area contributed by atoms with Crippen molar-refractivity contribution >= 4 is 11.8 Å².